The zero-order valence-corrected chi connectivity index (χ0v) is 19.4. The Morgan fingerprint density at radius 2 is 1.91 bits per heavy atom. The van der Waals surface area contributed by atoms with Crippen LogP contribution < -0.4 is 15.8 Å². The molecule has 2 aromatic carbocycles. The number of carboxylic acids is 1. The second kappa shape index (κ2) is 12.9. The van der Waals surface area contributed by atoms with Gasteiger partial charge >= 0.3 is 5.97 Å². The fraction of sp³-hybridized carbons (Fsp3) is 0.240. The van der Waals surface area contributed by atoms with Crippen molar-refractivity contribution < 1.29 is 19.4 Å². The highest BCUT2D eigenvalue weighted by molar-refractivity contribution is 7.80. The highest BCUT2D eigenvalue weighted by atomic mass is 32.1. The second-order valence-corrected chi connectivity index (χ2v) is 7.64. The Bertz CT molecular complexity index is 1160. The Morgan fingerprint density at radius 3 is 2.55 bits per heavy atom. The number of rotatable bonds is 7. The van der Waals surface area contributed by atoms with Crippen molar-refractivity contribution in [2.75, 3.05) is 13.7 Å². The number of ether oxygens (including phenoxy) is 1. The van der Waals surface area contributed by atoms with Crippen LogP contribution in [-0.2, 0) is 9.59 Å². The Kier molecular flexibility index (Phi) is 9.93. The first-order valence-electron chi connectivity index (χ1n) is 10.3. The van der Waals surface area contributed by atoms with Gasteiger partial charge in [0.15, 0.2) is 4.99 Å². The quantitative estimate of drug-likeness (QED) is 0.314. The number of aryl methyl sites for hydroxylation is 1. The monoisotopic (exact) mass is 465 g/mol. The van der Waals surface area contributed by atoms with Gasteiger partial charge in [-0.15, -0.1) is 0 Å². The molecule has 0 aliphatic rings. The van der Waals surface area contributed by atoms with E-state index in [9.17, 15) is 9.59 Å². The number of aromatic amines is 1. The lowest BCUT2D eigenvalue weighted by Gasteiger charge is -2.11. The van der Waals surface area contributed by atoms with Gasteiger partial charge in [0.25, 0.3) is 0 Å². The third-order valence-electron chi connectivity index (χ3n) is 4.68. The Labute approximate surface area is 198 Å². The lowest BCUT2D eigenvalue weighted by atomic mass is 10.0. The molecule has 0 saturated heterocycles. The van der Waals surface area contributed by atoms with Crippen LogP contribution in [0.3, 0.4) is 0 Å². The van der Waals surface area contributed by atoms with Crippen LogP contribution >= 0.6 is 12.2 Å². The lowest BCUT2D eigenvalue weighted by Crippen LogP contribution is -2.24. The third-order valence-corrected chi connectivity index (χ3v) is 4.99. The maximum Gasteiger partial charge on any atom is 0.307 e. The number of hydrogen-bond acceptors (Lipinski definition) is 4. The molecule has 0 spiro atoms. The third kappa shape index (κ3) is 8.67. The summed E-state index contributed by atoms with van der Waals surface area (Å²) in [5.74, 6) is 4.17. The molecule has 0 bridgehead atoms. The van der Waals surface area contributed by atoms with Crippen molar-refractivity contribution in [1.82, 2.24) is 10.3 Å². The van der Waals surface area contributed by atoms with E-state index in [0.717, 1.165) is 22.0 Å². The summed E-state index contributed by atoms with van der Waals surface area (Å²) in [5.41, 5.74) is 8.18. The zero-order valence-electron chi connectivity index (χ0n) is 18.6. The van der Waals surface area contributed by atoms with E-state index < -0.39 is 17.8 Å². The minimum absolute atomic E-state index is 0.160. The van der Waals surface area contributed by atoms with E-state index in [-0.39, 0.29) is 19.4 Å². The molecule has 0 radical (unpaired) electrons. The summed E-state index contributed by atoms with van der Waals surface area (Å²) in [4.78, 5) is 25.3. The molecule has 3 rings (SSSR count). The van der Waals surface area contributed by atoms with Gasteiger partial charge in [0.2, 0.25) is 5.91 Å². The van der Waals surface area contributed by atoms with Crippen molar-refractivity contribution in [3.05, 3.63) is 65.9 Å². The molecule has 0 saturated carbocycles. The van der Waals surface area contributed by atoms with Crippen molar-refractivity contribution >= 4 is 40.0 Å². The minimum atomic E-state index is -1.03. The fourth-order valence-corrected chi connectivity index (χ4v) is 2.92. The molecule has 1 atom stereocenters. The molecule has 0 aliphatic heterocycles. The number of amides is 1. The van der Waals surface area contributed by atoms with Crippen LogP contribution in [-0.4, -0.2) is 40.6 Å². The van der Waals surface area contributed by atoms with Gasteiger partial charge in [-0.1, -0.05) is 54.0 Å². The number of carbonyl (C=O) groups is 2. The first-order valence-corrected chi connectivity index (χ1v) is 10.7. The summed E-state index contributed by atoms with van der Waals surface area (Å²) in [5, 5.41) is 12.8. The molecule has 0 fully saturated rings. The van der Waals surface area contributed by atoms with Crippen LogP contribution in [0.15, 0.2) is 54.7 Å². The molecule has 1 aromatic heterocycles. The van der Waals surface area contributed by atoms with Crippen molar-refractivity contribution in [3.63, 3.8) is 0 Å². The molecule has 5 N–H and O–H groups in total. The van der Waals surface area contributed by atoms with E-state index in [0.29, 0.717) is 10.7 Å². The molecule has 7 nitrogen and oxygen atoms in total. The summed E-state index contributed by atoms with van der Waals surface area (Å²) >= 11 is 4.96. The first kappa shape index (κ1) is 25.4. The highest BCUT2D eigenvalue weighted by Gasteiger charge is 2.19. The van der Waals surface area contributed by atoms with Gasteiger partial charge in [0, 0.05) is 30.6 Å². The molecule has 33 heavy (non-hydrogen) atoms. The molecule has 0 aliphatic carbocycles. The van der Waals surface area contributed by atoms with Crippen molar-refractivity contribution in [2.45, 2.75) is 19.8 Å². The number of primary amides is 1. The number of H-pyrrole nitrogens is 1. The number of hydrogen-bond donors (Lipinski definition) is 4. The van der Waals surface area contributed by atoms with Crippen LogP contribution in [0, 0.1) is 24.7 Å². The highest BCUT2D eigenvalue weighted by Crippen LogP contribution is 2.16. The number of fused-ring (bicyclic) bond motifs is 1. The van der Waals surface area contributed by atoms with E-state index in [1.807, 2.05) is 61.7 Å². The maximum absolute atomic E-state index is 10.9. The zero-order chi connectivity index (χ0) is 24.2. The SMILES string of the molecule is CNC(=S)C#Cc1c[nH]c2ccccc12.Cc1ccc(OCC[C@H](CC(N)=O)C(=O)O)cc1. The normalized spacial score (nSPS) is 10.7. The predicted molar refractivity (Wildman–Crippen MR) is 133 cm³/mol. The Morgan fingerprint density at radius 1 is 1.21 bits per heavy atom. The van der Waals surface area contributed by atoms with Crippen LogP contribution in [0.25, 0.3) is 10.9 Å². The van der Waals surface area contributed by atoms with E-state index in [2.05, 4.69) is 22.1 Å². The van der Waals surface area contributed by atoms with Crippen LogP contribution in [0.4, 0.5) is 0 Å². The average molecular weight is 466 g/mol. The minimum Gasteiger partial charge on any atom is -0.494 e. The van der Waals surface area contributed by atoms with Crippen LogP contribution in [0.1, 0.15) is 24.0 Å². The van der Waals surface area contributed by atoms with Gasteiger partial charge in [-0.2, -0.15) is 0 Å². The number of nitrogens with two attached hydrogens (primary N) is 1. The number of carbonyl (C=O) groups excluding carboxylic acids is 1. The molecule has 1 amide bonds. The molecule has 172 valence electrons. The van der Waals surface area contributed by atoms with E-state index in [1.54, 1.807) is 7.05 Å². The number of thiocarbonyl (C=S) groups is 1. The summed E-state index contributed by atoms with van der Waals surface area (Å²) in [7, 11) is 1.77. The summed E-state index contributed by atoms with van der Waals surface area (Å²) in [6.07, 6.45) is 1.99. The van der Waals surface area contributed by atoms with Crippen LogP contribution in [0.2, 0.25) is 0 Å². The van der Waals surface area contributed by atoms with E-state index >= 15 is 0 Å². The molecular weight excluding hydrogens is 438 g/mol. The van der Waals surface area contributed by atoms with Gasteiger partial charge in [-0.25, -0.2) is 0 Å². The van der Waals surface area contributed by atoms with Crippen molar-refractivity contribution in [2.24, 2.45) is 11.7 Å². The van der Waals surface area contributed by atoms with Gasteiger partial charge in [0.05, 0.1) is 18.1 Å². The number of aliphatic carboxylic acids is 1. The van der Waals surface area contributed by atoms with E-state index in [4.69, 9.17) is 27.8 Å². The predicted octanol–water partition coefficient (Wildman–Crippen LogP) is 3.41. The molecule has 8 heteroatoms. The Balaban J connectivity index is 0.000000237. The Hall–Kier alpha value is -3.83. The van der Waals surface area contributed by atoms with Crippen molar-refractivity contribution in [1.29, 1.82) is 0 Å². The van der Waals surface area contributed by atoms with Gasteiger partial charge < -0.3 is 25.9 Å². The van der Waals surface area contributed by atoms with Gasteiger partial charge in [-0.05, 0) is 37.5 Å². The standard InChI is InChI=1S/C13H17NO4.C12H10N2S/c1-9-2-4-11(5-3-9)18-7-6-10(13(16)17)8-12(14)15;1-13-12(15)7-6-9-8-14-11-5-3-2-4-10(9)11/h2-5,10H,6-8H2,1H3,(H2,14,15)(H,16,17);2-5,8,14H,1H3,(H,13,15)/t10-;/m1./s1. The molecular formula is C25H27N3O4S. The number of benzene rings is 2. The summed E-state index contributed by atoms with van der Waals surface area (Å²) in [6, 6.07) is 15.5. The molecule has 3 aromatic rings. The van der Waals surface area contributed by atoms with Gasteiger partial charge in [0.1, 0.15) is 5.75 Å². The van der Waals surface area contributed by atoms with E-state index in [1.165, 1.54) is 0 Å². The largest absolute Gasteiger partial charge is 0.494 e. The smallest absolute Gasteiger partial charge is 0.307 e. The van der Waals surface area contributed by atoms with Crippen molar-refractivity contribution in [3.8, 4) is 17.6 Å². The maximum atomic E-state index is 10.9. The number of para-hydroxylation sites is 1. The summed E-state index contributed by atoms with van der Waals surface area (Å²) in [6.45, 7) is 2.21. The van der Waals surface area contributed by atoms with Gasteiger partial charge in [-0.3, -0.25) is 9.59 Å². The lowest BCUT2D eigenvalue weighted by molar-refractivity contribution is -0.144. The first-order chi connectivity index (χ1) is 15.8. The number of nitrogens with one attached hydrogen (secondary N) is 2. The summed E-state index contributed by atoms with van der Waals surface area (Å²) < 4.78 is 5.41. The number of carboxylic acid groups (broad SMARTS) is 1. The topological polar surface area (TPSA) is 117 Å². The number of aromatic nitrogens is 1. The molecule has 0 unspecified atom stereocenters. The fourth-order valence-electron chi connectivity index (χ4n) is 2.87. The average Bonchev–Trinajstić information content (AvgIpc) is 3.21. The second-order valence-electron chi connectivity index (χ2n) is 7.23. The molecule has 1 heterocycles. The van der Waals surface area contributed by atoms with Crippen LogP contribution in [0.5, 0.6) is 5.75 Å².